The Morgan fingerprint density at radius 3 is 3.00 bits per heavy atom. The zero-order chi connectivity index (χ0) is 11.5. The van der Waals surface area contributed by atoms with Gasteiger partial charge in [0.2, 0.25) is 0 Å². The number of hydrogen-bond donors (Lipinski definition) is 3. The highest BCUT2D eigenvalue weighted by Gasteiger charge is 2.04. The van der Waals surface area contributed by atoms with Crippen LogP contribution in [0.15, 0.2) is 29.4 Å². The molecule has 1 aromatic heterocycles. The van der Waals surface area contributed by atoms with Crippen LogP contribution in [0.1, 0.15) is 11.3 Å². The molecule has 0 amide bonds. The topological polar surface area (TPSA) is 66.2 Å². The summed E-state index contributed by atoms with van der Waals surface area (Å²) in [6.07, 6.45) is 1.72. The lowest BCUT2D eigenvalue weighted by molar-refractivity contribution is 1.04. The van der Waals surface area contributed by atoms with Gasteiger partial charge in [-0.05, 0) is 25.2 Å². The van der Waals surface area contributed by atoms with E-state index in [-0.39, 0.29) is 5.11 Å². The number of benzene rings is 1. The molecule has 0 fully saturated rings. The number of H-pyrrole nitrogens is 1. The fourth-order valence-corrected chi connectivity index (χ4v) is 1.68. The maximum atomic E-state index is 5.28. The van der Waals surface area contributed by atoms with Crippen LogP contribution in [0.4, 0.5) is 0 Å². The highest BCUT2D eigenvalue weighted by molar-refractivity contribution is 7.80. The summed E-state index contributed by atoms with van der Waals surface area (Å²) in [4.78, 5) is 3.28. The van der Waals surface area contributed by atoms with Gasteiger partial charge in [0.1, 0.15) is 0 Å². The molecule has 0 atom stereocenters. The second kappa shape index (κ2) is 4.32. The van der Waals surface area contributed by atoms with Crippen LogP contribution >= 0.6 is 12.2 Å². The third-order valence-electron chi connectivity index (χ3n) is 2.31. The van der Waals surface area contributed by atoms with E-state index in [1.807, 2.05) is 31.2 Å². The molecule has 2 aromatic rings. The average molecular weight is 232 g/mol. The third-order valence-corrected chi connectivity index (χ3v) is 2.40. The zero-order valence-electron chi connectivity index (χ0n) is 8.82. The number of aromatic amines is 1. The molecule has 0 radical (unpaired) electrons. The van der Waals surface area contributed by atoms with Gasteiger partial charge in [-0.25, -0.2) is 0 Å². The molecule has 0 aliphatic heterocycles. The van der Waals surface area contributed by atoms with Crippen LogP contribution in [0, 0.1) is 6.92 Å². The fraction of sp³-hybridized carbons (Fsp3) is 0.0909. The molecule has 0 aliphatic rings. The summed E-state index contributed by atoms with van der Waals surface area (Å²) in [5.41, 5.74) is 11.0. The summed E-state index contributed by atoms with van der Waals surface area (Å²) in [5, 5.41) is 5.26. The Labute approximate surface area is 98.5 Å². The van der Waals surface area contributed by atoms with E-state index in [0.717, 1.165) is 22.2 Å². The molecule has 0 bridgehead atoms. The van der Waals surface area contributed by atoms with Gasteiger partial charge in [0.15, 0.2) is 5.11 Å². The second-order valence-corrected chi connectivity index (χ2v) is 3.88. The summed E-state index contributed by atoms with van der Waals surface area (Å²) < 4.78 is 0. The summed E-state index contributed by atoms with van der Waals surface area (Å²) >= 11 is 4.66. The normalized spacial score (nSPS) is 11.1. The highest BCUT2D eigenvalue weighted by Crippen LogP contribution is 2.19. The molecule has 0 unspecified atom stereocenters. The minimum Gasteiger partial charge on any atom is -0.375 e. The maximum Gasteiger partial charge on any atom is 0.184 e. The van der Waals surface area contributed by atoms with Crippen molar-refractivity contribution in [3.8, 4) is 0 Å². The number of nitrogens with zero attached hydrogens (tertiary/aromatic N) is 1. The number of hydrazone groups is 1. The van der Waals surface area contributed by atoms with Crippen LogP contribution < -0.4 is 11.2 Å². The first-order valence-electron chi connectivity index (χ1n) is 4.84. The van der Waals surface area contributed by atoms with Gasteiger partial charge in [-0.2, -0.15) is 5.10 Å². The van der Waals surface area contributed by atoms with E-state index >= 15 is 0 Å². The Morgan fingerprint density at radius 1 is 1.50 bits per heavy atom. The number of nitrogens with two attached hydrogens (primary N) is 1. The van der Waals surface area contributed by atoms with Gasteiger partial charge in [-0.1, -0.05) is 18.2 Å². The predicted octanol–water partition coefficient (Wildman–Crippen LogP) is 1.64. The van der Waals surface area contributed by atoms with E-state index in [9.17, 15) is 0 Å². The standard InChI is InChI=1S/C11H12N4S/c1-7-9(6-13-15-11(12)16)8-4-2-3-5-10(8)14-7/h2-6,14H,1H3,(H3,12,15,16)/b13-6-. The number of aryl methyl sites for hydroxylation is 1. The van der Waals surface area contributed by atoms with Crippen molar-refractivity contribution in [3.63, 3.8) is 0 Å². The molecular formula is C11H12N4S. The molecule has 0 spiro atoms. The first-order chi connectivity index (χ1) is 7.68. The first kappa shape index (κ1) is 10.6. The number of hydrogen-bond acceptors (Lipinski definition) is 2. The van der Waals surface area contributed by atoms with Gasteiger partial charge in [-0.3, -0.25) is 5.43 Å². The molecule has 2 rings (SSSR count). The number of rotatable bonds is 2. The number of fused-ring (bicyclic) bond motifs is 1. The molecule has 0 aliphatic carbocycles. The van der Waals surface area contributed by atoms with Gasteiger partial charge in [0, 0.05) is 22.2 Å². The molecule has 0 saturated carbocycles. The average Bonchev–Trinajstić information content (AvgIpc) is 2.55. The van der Waals surface area contributed by atoms with Crippen molar-refractivity contribution in [2.24, 2.45) is 10.8 Å². The van der Waals surface area contributed by atoms with Gasteiger partial charge < -0.3 is 10.7 Å². The van der Waals surface area contributed by atoms with Crippen molar-refractivity contribution >= 4 is 34.4 Å². The Bertz CT molecular complexity index is 556. The minimum absolute atomic E-state index is 0.161. The van der Waals surface area contributed by atoms with Crippen LogP contribution in [0.25, 0.3) is 10.9 Å². The molecule has 1 heterocycles. The lowest BCUT2D eigenvalue weighted by Gasteiger charge is -1.95. The third kappa shape index (κ3) is 2.04. The molecule has 0 saturated heterocycles. The Balaban J connectivity index is 2.39. The van der Waals surface area contributed by atoms with Crippen LogP contribution in [-0.4, -0.2) is 16.3 Å². The SMILES string of the molecule is Cc1[nH]c2ccccc2c1/C=N\NC(N)=S. The van der Waals surface area contributed by atoms with Crippen LogP contribution in [0.2, 0.25) is 0 Å². The summed E-state index contributed by atoms with van der Waals surface area (Å²) in [6.45, 7) is 2.00. The molecule has 1 aromatic carbocycles. The Morgan fingerprint density at radius 2 is 2.25 bits per heavy atom. The van der Waals surface area contributed by atoms with E-state index in [2.05, 4.69) is 27.7 Å². The molecule has 5 heteroatoms. The van der Waals surface area contributed by atoms with Crippen molar-refractivity contribution in [2.75, 3.05) is 0 Å². The molecule has 82 valence electrons. The minimum atomic E-state index is 0.161. The first-order valence-corrected chi connectivity index (χ1v) is 5.25. The van der Waals surface area contributed by atoms with Crippen LogP contribution in [0.5, 0.6) is 0 Å². The number of aromatic nitrogens is 1. The van der Waals surface area contributed by atoms with Gasteiger partial charge in [0.05, 0.1) is 6.21 Å². The summed E-state index contributed by atoms with van der Waals surface area (Å²) in [6, 6.07) is 8.06. The Hall–Kier alpha value is -1.88. The van der Waals surface area contributed by atoms with Crippen molar-refractivity contribution in [3.05, 3.63) is 35.5 Å². The van der Waals surface area contributed by atoms with E-state index in [1.54, 1.807) is 6.21 Å². The van der Waals surface area contributed by atoms with Crippen molar-refractivity contribution < 1.29 is 0 Å². The zero-order valence-corrected chi connectivity index (χ0v) is 9.64. The van der Waals surface area contributed by atoms with E-state index in [0.29, 0.717) is 0 Å². The molecule has 4 nitrogen and oxygen atoms in total. The van der Waals surface area contributed by atoms with Crippen molar-refractivity contribution in [1.29, 1.82) is 0 Å². The van der Waals surface area contributed by atoms with Crippen LogP contribution in [-0.2, 0) is 0 Å². The lowest BCUT2D eigenvalue weighted by Crippen LogP contribution is -2.24. The van der Waals surface area contributed by atoms with Crippen LogP contribution in [0.3, 0.4) is 0 Å². The molecule has 4 N–H and O–H groups in total. The van der Waals surface area contributed by atoms with Crippen molar-refractivity contribution in [2.45, 2.75) is 6.92 Å². The lowest BCUT2D eigenvalue weighted by atomic mass is 10.1. The maximum absolute atomic E-state index is 5.28. The molecule has 16 heavy (non-hydrogen) atoms. The number of nitrogens with one attached hydrogen (secondary N) is 2. The quantitative estimate of drug-likeness (QED) is 0.419. The summed E-state index contributed by atoms with van der Waals surface area (Å²) in [5.74, 6) is 0. The van der Waals surface area contributed by atoms with Gasteiger partial charge in [0.25, 0.3) is 0 Å². The largest absolute Gasteiger partial charge is 0.375 e. The van der Waals surface area contributed by atoms with Crippen molar-refractivity contribution in [1.82, 2.24) is 10.4 Å². The summed E-state index contributed by atoms with van der Waals surface area (Å²) in [7, 11) is 0. The van der Waals surface area contributed by atoms with Gasteiger partial charge in [-0.15, -0.1) is 0 Å². The predicted molar refractivity (Wildman–Crippen MR) is 70.6 cm³/mol. The number of para-hydroxylation sites is 1. The highest BCUT2D eigenvalue weighted by atomic mass is 32.1. The molecular weight excluding hydrogens is 220 g/mol. The fourth-order valence-electron chi connectivity index (χ4n) is 1.63. The smallest absolute Gasteiger partial charge is 0.184 e. The number of thiocarbonyl (C=S) groups is 1. The van der Waals surface area contributed by atoms with E-state index in [1.165, 1.54) is 0 Å². The Kier molecular flexibility index (Phi) is 2.87. The van der Waals surface area contributed by atoms with Gasteiger partial charge >= 0.3 is 0 Å². The monoisotopic (exact) mass is 232 g/mol. The second-order valence-electron chi connectivity index (χ2n) is 3.44. The van der Waals surface area contributed by atoms with E-state index < -0.39 is 0 Å². The van der Waals surface area contributed by atoms with E-state index in [4.69, 9.17) is 5.73 Å².